The number of aliphatic carboxylic acids is 1. The molecule has 0 fully saturated rings. The van der Waals surface area contributed by atoms with Crippen molar-refractivity contribution in [1.82, 2.24) is 4.98 Å². The van der Waals surface area contributed by atoms with E-state index in [1.165, 1.54) is 18.3 Å². The minimum absolute atomic E-state index is 0.215. The number of nitrogens with two attached hydrogens (primary N) is 1. The Bertz CT molecular complexity index is 1220. The molecule has 3 rings (SSSR count). The number of alkyl halides is 3. The number of ether oxygens (including phenoxy) is 1. The van der Waals surface area contributed by atoms with Gasteiger partial charge in [0.25, 0.3) is 5.91 Å². The summed E-state index contributed by atoms with van der Waals surface area (Å²) in [5.41, 5.74) is 6.64. The predicted octanol–water partition coefficient (Wildman–Crippen LogP) is 4.95. The lowest BCUT2D eigenvalue weighted by Crippen LogP contribution is -2.21. The molecule has 1 heterocycles. The van der Waals surface area contributed by atoms with Crippen molar-refractivity contribution in [3.63, 3.8) is 0 Å². The number of hydrogen-bond acceptors (Lipinski definition) is 5. The lowest BCUT2D eigenvalue weighted by molar-refractivity contribution is -0.192. The third kappa shape index (κ3) is 8.80. The van der Waals surface area contributed by atoms with E-state index >= 15 is 0 Å². The standard InChI is InChI=1S/C20H15Cl2N3O3.C2HF3O2/c21-15-5-6-16(22)17(9-15)28-11-12-2-1-3-13(8-12)20(27)25-18-7-4-14(10-24-18)19(23)26;3-2(4,5)1(6)7/h1-10H,11H2,(H2,23,26)(H,24,25,27);(H,6,7). The molecule has 3 aromatic rings. The summed E-state index contributed by atoms with van der Waals surface area (Å²) >= 11 is 12.0. The molecule has 0 spiro atoms. The van der Waals surface area contributed by atoms with E-state index in [1.54, 1.807) is 36.4 Å². The fourth-order valence-corrected chi connectivity index (χ4v) is 2.69. The zero-order valence-corrected chi connectivity index (χ0v) is 19.0. The maximum Gasteiger partial charge on any atom is 0.490 e. The van der Waals surface area contributed by atoms with Crippen molar-refractivity contribution in [2.24, 2.45) is 5.73 Å². The molecule has 2 aromatic carbocycles. The Balaban J connectivity index is 0.000000540. The van der Waals surface area contributed by atoms with E-state index < -0.39 is 18.1 Å². The molecule has 0 aliphatic rings. The molecule has 0 aliphatic carbocycles. The summed E-state index contributed by atoms with van der Waals surface area (Å²) in [5, 5.41) is 10.7. The number of rotatable bonds is 6. The highest BCUT2D eigenvalue weighted by Crippen LogP contribution is 2.28. The van der Waals surface area contributed by atoms with Gasteiger partial charge in [0.05, 0.1) is 10.6 Å². The molecular formula is C22H16Cl2F3N3O5. The number of nitrogens with zero attached hydrogens (tertiary/aromatic N) is 1. The fourth-order valence-electron chi connectivity index (χ4n) is 2.35. The van der Waals surface area contributed by atoms with Crippen LogP contribution in [-0.2, 0) is 11.4 Å². The number of hydrogen-bond donors (Lipinski definition) is 3. The molecule has 2 amide bonds. The Hall–Kier alpha value is -3.83. The molecule has 1 aromatic heterocycles. The summed E-state index contributed by atoms with van der Waals surface area (Å²) in [5.74, 6) is -2.92. The number of aromatic nitrogens is 1. The van der Waals surface area contributed by atoms with Crippen LogP contribution in [0.5, 0.6) is 5.75 Å². The predicted molar refractivity (Wildman–Crippen MR) is 122 cm³/mol. The Morgan fingerprint density at radius 1 is 1.03 bits per heavy atom. The van der Waals surface area contributed by atoms with Gasteiger partial charge in [-0.05, 0) is 42.0 Å². The number of carboxylic acid groups (broad SMARTS) is 1. The van der Waals surface area contributed by atoms with E-state index in [-0.39, 0.29) is 18.1 Å². The summed E-state index contributed by atoms with van der Waals surface area (Å²) in [6, 6.07) is 14.9. The highest BCUT2D eigenvalue weighted by Gasteiger charge is 2.38. The highest BCUT2D eigenvalue weighted by atomic mass is 35.5. The van der Waals surface area contributed by atoms with Crippen LogP contribution in [-0.4, -0.2) is 34.1 Å². The highest BCUT2D eigenvalue weighted by molar-refractivity contribution is 6.34. The first kappa shape index (κ1) is 27.4. The van der Waals surface area contributed by atoms with Crippen molar-refractivity contribution in [3.8, 4) is 5.75 Å². The number of primary amides is 1. The van der Waals surface area contributed by atoms with Crippen molar-refractivity contribution >= 4 is 46.8 Å². The topological polar surface area (TPSA) is 132 Å². The van der Waals surface area contributed by atoms with Gasteiger partial charge in [-0.2, -0.15) is 13.2 Å². The van der Waals surface area contributed by atoms with Gasteiger partial charge in [0.15, 0.2) is 0 Å². The molecule has 0 saturated carbocycles. The lowest BCUT2D eigenvalue weighted by atomic mass is 10.1. The van der Waals surface area contributed by atoms with E-state index in [9.17, 15) is 22.8 Å². The van der Waals surface area contributed by atoms with Gasteiger partial charge in [-0.3, -0.25) is 9.59 Å². The second-order valence-corrected chi connectivity index (χ2v) is 7.46. The first-order valence-electron chi connectivity index (χ1n) is 9.41. The van der Waals surface area contributed by atoms with Gasteiger partial charge in [-0.1, -0.05) is 35.3 Å². The van der Waals surface area contributed by atoms with E-state index in [1.807, 2.05) is 6.07 Å². The van der Waals surface area contributed by atoms with Crippen LogP contribution in [0.1, 0.15) is 26.3 Å². The largest absolute Gasteiger partial charge is 0.490 e. The van der Waals surface area contributed by atoms with Crippen LogP contribution in [0.15, 0.2) is 60.8 Å². The molecule has 0 bridgehead atoms. The summed E-state index contributed by atoms with van der Waals surface area (Å²) in [4.78, 5) is 36.4. The minimum atomic E-state index is -5.08. The maximum absolute atomic E-state index is 12.4. The number of carbonyl (C=O) groups excluding carboxylic acids is 2. The third-order valence-corrected chi connectivity index (χ3v) is 4.56. The van der Waals surface area contributed by atoms with Crippen molar-refractivity contribution in [2.75, 3.05) is 5.32 Å². The first-order valence-corrected chi connectivity index (χ1v) is 10.2. The monoisotopic (exact) mass is 529 g/mol. The number of carbonyl (C=O) groups is 3. The molecule has 0 radical (unpaired) electrons. The van der Waals surface area contributed by atoms with Crippen LogP contribution < -0.4 is 15.8 Å². The van der Waals surface area contributed by atoms with Crippen molar-refractivity contribution < 1.29 is 37.4 Å². The molecule has 0 saturated heterocycles. The van der Waals surface area contributed by atoms with Crippen molar-refractivity contribution in [2.45, 2.75) is 12.8 Å². The fraction of sp³-hybridized carbons (Fsp3) is 0.0909. The molecule has 13 heteroatoms. The smallest absolute Gasteiger partial charge is 0.487 e. The maximum atomic E-state index is 12.4. The number of pyridine rings is 1. The number of halogens is 5. The number of nitrogens with one attached hydrogen (secondary N) is 1. The van der Waals surface area contributed by atoms with Gasteiger partial charge in [0.2, 0.25) is 5.91 Å². The van der Waals surface area contributed by atoms with Crippen molar-refractivity contribution in [3.05, 3.63) is 87.5 Å². The average Bonchev–Trinajstić information content (AvgIpc) is 2.80. The van der Waals surface area contributed by atoms with Gasteiger partial charge >= 0.3 is 12.1 Å². The SMILES string of the molecule is NC(=O)c1ccc(NC(=O)c2cccc(COc3cc(Cl)ccc3Cl)c2)nc1.O=C(O)C(F)(F)F. The van der Waals surface area contributed by atoms with E-state index in [2.05, 4.69) is 10.3 Å². The van der Waals surface area contributed by atoms with Gasteiger partial charge in [0, 0.05) is 22.8 Å². The molecule has 8 nitrogen and oxygen atoms in total. The van der Waals surface area contributed by atoms with Gasteiger partial charge in [-0.15, -0.1) is 0 Å². The lowest BCUT2D eigenvalue weighted by Gasteiger charge is -2.10. The number of anilines is 1. The molecule has 0 atom stereocenters. The van der Waals surface area contributed by atoms with Gasteiger partial charge in [0.1, 0.15) is 18.2 Å². The van der Waals surface area contributed by atoms with E-state index in [0.29, 0.717) is 27.2 Å². The molecule has 0 unspecified atom stereocenters. The molecule has 184 valence electrons. The number of carboxylic acids is 1. The van der Waals surface area contributed by atoms with Crippen LogP contribution in [0.3, 0.4) is 0 Å². The summed E-state index contributed by atoms with van der Waals surface area (Å²) in [6.07, 6.45) is -3.78. The molecule has 4 N–H and O–H groups in total. The molecular weight excluding hydrogens is 514 g/mol. The zero-order valence-electron chi connectivity index (χ0n) is 17.5. The van der Waals surface area contributed by atoms with E-state index in [4.69, 9.17) is 43.6 Å². The van der Waals surface area contributed by atoms with Crippen LogP contribution in [0, 0.1) is 0 Å². The number of amides is 2. The minimum Gasteiger partial charge on any atom is -0.487 e. The Morgan fingerprint density at radius 2 is 1.71 bits per heavy atom. The van der Waals surface area contributed by atoms with Gasteiger partial charge in [-0.25, -0.2) is 9.78 Å². The average molecular weight is 530 g/mol. The summed E-state index contributed by atoms with van der Waals surface area (Å²) in [6.45, 7) is 0.215. The molecule has 35 heavy (non-hydrogen) atoms. The molecule has 0 aliphatic heterocycles. The second-order valence-electron chi connectivity index (χ2n) is 6.62. The Morgan fingerprint density at radius 3 is 2.29 bits per heavy atom. The third-order valence-electron chi connectivity index (χ3n) is 4.01. The van der Waals surface area contributed by atoms with Crippen molar-refractivity contribution in [1.29, 1.82) is 0 Å². The quantitative estimate of drug-likeness (QED) is 0.413. The number of benzene rings is 2. The van der Waals surface area contributed by atoms with E-state index in [0.717, 1.165) is 5.56 Å². The Kier molecular flexibility index (Phi) is 9.43. The second kappa shape index (κ2) is 12.0. The van der Waals surface area contributed by atoms with Gasteiger partial charge < -0.3 is 20.9 Å². The normalized spacial score (nSPS) is 10.5. The Labute approximate surface area is 206 Å². The zero-order chi connectivity index (χ0) is 26.2. The van der Waals surface area contributed by atoms with Crippen LogP contribution >= 0.6 is 23.2 Å². The van der Waals surface area contributed by atoms with Crippen LogP contribution in [0.25, 0.3) is 0 Å². The first-order chi connectivity index (χ1) is 16.4. The summed E-state index contributed by atoms with van der Waals surface area (Å²) in [7, 11) is 0. The van der Waals surface area contributed by atoms with Crippen LogP contribution in [0.2, 0.25) is 10.0 Å². The summed E-state index contributed by atoms with van der Waals surface area (Å²) < 4.78 is 37.4. The van der Waals surface area contributed by atoms with Crippen LogP contribution in [0.4, 0.5) is 19.0 Å².